The summed E-state index contributed by atoms with van der Waals surface area (Å²) in [5, 5.41) is 3.07. The SMILES string of the molecule is COc1cc(C)c(S(=O)(=O)N2CCCC(OCC(=O)NCC3CCC(C(c4ccccc4)N(C)C)CC3)C2)c(C)c1C. The Balaban J connectivity index is 1.24. The number of nitrogens with zero attached hydrogens (tertiary/aromatic N) is 2. The molecule has 4 rings (SSSR count). The summed E-state index contributed by atoms with van der Waals surface area (Å²) in [6, 6.07) is 12.9. The quantitative estimate of drug-likeness (QED) is 0.391. The molecule has 1 amide bonds. The molecule has 1 aliphatic carbocycles. The first-order valence-corrected chi connectivity index (χ1v) is 16.7. The number of amides is 1. The van der Waals surface area contributed by atoms with Crippen LogP contribution in [0.3, 0.4) is 0 Å². The molecular weight excluding hydrogens is 550 g/mol. The maximum Gasteiger partial charge on any atom is 0.246 e. The van der Waals surface area contributed by atoms with Crippen LogP contribution in [-0.2, 0) is 19.6 Å². The average Bonchev–Trinajstić information content (AvgIpc) is 2.98. The fraction of sp³-hybridized carbons (Fsp3) is 0.606. The third-order valence-electron chi connectivity index (χ3n) is 9.21. The number of methoxy groups -OCH3 is 1. The number of rotatable bonds is 11. The molecular formula is C33H49N3O5S. The van der Waals surface area contributed by atoms with Crippen molar-refractivity contribution in [2.45, 2.75) is 76.3 Å². The Hall–Kier alpha value is -2.46. The number of ether oxygens (including phenoxy) is 2. The van der Waals surface area contributed by atoms with Crippen molar-refractivity contribution >= 4 is 15.9 Å². The van der Waals surface area contributed by atoms with Gasteiger partial charge in [0, 0.05) is 25.7 Å². The first-order valence-electron chi connectivity index (χ1n) is 15.3. The number of sulfonamides is 1. The van der Waals surface area contributed by atoms with Crippen molar-refractivity contribution in [2.24, 2.45) is 11.8 Å². The van der Waals surface area contributed by atoms with Crippen LogP contribution in [0, 0.1) is 32.6 Å². The van der Waals surface area contributed by atoms with E-state index in [0.29, 0.717) is 59.2 Å². The lowest BCUT2D eigenvalue weighted by Crippen LogP contribution is -2.44. The van der Waals surface area contributed by atoms with Gasteiger partial charge in [0.05, 0.1) is 18.1 Å². The third kappa shape index (κ3) is 7.54. The number of hydrogen-bond acceptors (Lipinski definition) is 6. The molecule has 2 fully saturated rings. The Morgan fingerprint density at radius 1 is 1.05 bits per heavy atom. The van der Waals surface area contributed by atoms with Crippen molar-refractivity contribution in [3.63, 3.8) is 0 Å². The predicted octanol–water partition coefficient (Wildman–Crippen LogP) is 5.02. The summed E-state index contributed by atoms with van der Waals surface area (Å²) in [6.07, 6.45) is 5.61. The molecule has 2 unspecified atom stereocenters. The van der Waals surface area contributed by atoms with Crippen LogP contribution in [0.4, 0.5) is 0 Å². The molecule has 1 N–H and O–H groups in total. The monoisotopic (exact) mass is 599 g/mol. The van der Waals surface area contributed by atoms with Crippen molar-refractivity contribution in [2.75, 3.05) is 47.4 Å². The van der Waals surface area contributed by atoms with Crippen LogP contribution < -0.4 is 10.1 Å². The Bertz CT molecular complexity index is 1310. The molecule has 2 atom stereocenters. The van der Waals surface area contributed by atoms with Gasteiger partial charge in [0.25, 0.3) is 0 Å². The van der Waals surface area contributed by atoms with Crippen LogP contribution in [-0.4, -0.2) is 77.1 Å². The highest BCUT2D eigenvalue weighted by molar-refractivity contribution is 7.89. The molecule has 232 valence electrons. The minimum atomic E-state index is -3.71. The van der Waals surface area contributed by atoms with E-state index in [4.69, 9.17) is 9.47 Å². The zero-order chi connectivity index (χ0) is 30.4. The molecule has 2 aromatic rings. The van der Waals surface area contributed by atoms with Crippen LogP contribution in [0.15, 0.2) is 41.3 Å². The molecule has 0 radical (unpaired) electrons. The molecule has 1 saturated heterocycles. The largest absolute Gasteiger partial charge is 0.496 e. The van der Waals surface area contributed by atoms with E-state index in [1.54, 1.807) is 20.1 Å². The molecule has 2 aromatic carbocycles. The summed E-state index contributed by atoms with van der Waals surface area (Å²) in [5.74, 6) is 1.63. The molecule has 1 heterocycles. The molecule has 0 bridgehead atoms. The lowest BCUT2D eigenvalue weighted by molar-refractivity contribution is -0.128. The summed E-state index contributed by atoms with van der Waals surface area (Å²) >= 11 is 0. The van der Waals surface area contributed by atoms with Gasteiger partial charge < -0.3 is 19.7 Å². The van der Waals surface area contributed by atoms with Crippen LogP contribution in [0.2, 0.25) is 0 Å². The Morgan fingerprint density at radius 2 is 1.74 bits per heavy atom. The zero-order valence-electron chi connectivity index (χ0n) is 26.2. The van der Waals surface area contributed by atoms with Crippen molar-refractivity contribution < 1.29 is 22.7 Å². The Kier molecular flexibility index (Phi) is 11.1. The fourth-order valence-electron chi connectivity index (χ4n) is 6.87. The number of benzene rings is 2. The first kappa shape index (κ1) is 32.5. The molecule has 1 saturated carbocycles. The predicted molar refractivity (Wildman–Crippen MR) is 166 cm³/mol. The standard InChI is InChI=1S/C33H49N3O5S/c1-23-19-30(40-6)24(2)25(3)33(23)42(38,39)36-18-10-13-29(21-36)41-22-31(37)34-20-26-14-16-28(17-15-26)32(35(4)5)27-11-8-7-9-12-27/h7-9,11-12,19,26,28-29,32H,10,13-18,20-22H2,1-6H3,(H,34,37). The summed E-state index contributed by atoms with van der Waals surface area (Å²) in [5.41, 5.74) is 3.57. The number of nitrogens with one attached hydrogen (secondary N) is 1. The van der Waals surface area contributed by atoms with E-state index in [1.807, 2.05) is 13.8 Å². The van der Waals surface area contributed by atoms with Gasteiger partial charge in [-0.3, -0.25) is 4.79 Å². The lowest BCUT2D eigenvalue weighted by Gasteiger charge is -2.37. The zero-order valence-corrected chi connectivity index (χ0v) is 27.0. The number of piperidine rings is 1. The number of aryl methyl sites for hydroxylation is 1. The summed E-state index contributed by atoms with van der Waals surface area (Å²) in [6.45, 7) is 6.82. The number of carbonyl (C=O) groups excluding carboxylic acids is 1. The van der Waals surface area contributed by atoms with Crippen molar-refractivity contribution in [3.05, 3.63) is 58.7 Å². The van der Waals surface area contributed by atoms with E-state index >= 15 is 0 Å². The van der Waals surface area contributed by atoms with E-state index in [-0.39, 0.29) is 25.2 Å². The molecule has 2 aliphatic rings. The highest BCUT2D eigenvalue weighted by Crippen LogP contribution is 2.39. The van der Waals surface area contributed by atoms with Gasteiger partial charge in [0.1, 0.15) is 12.4 Å². The van der Waals surface area contributed by atoms with Gasteiger partial charge in [0.15, 0.2) is 0 Å². The van der Waals surface area contributed by atoms with Crippen molar-refractivity contribution in [3.8, 4) is 5.75 Å². The third-order valence-corrected chi connectivity index (χ3v) is 11.4. The van der Waals surface area contributed by atoms with Crippen LogP contribution in [0.1, 0.15) is 66.8 Å². The molecule has 42 heavy (non-hydrogen) atoms. The van der Waals surface area contributed by atoms with Crippen molar-refractivity contribution in [1.82, 2.24) is 14.5 Å². The highest BCUT2D eigenvalue weighted by atomic mass is 32.2. The Labute approximate surface area is 252 Å². The summed E-state index contributed by atoms with van der Waals surface area (Å²) in [7, 11) is 2.21. The van der Waals surface area contributed by atoms with Gasteiger partial charge in [0.2, 0.25) is 15.9 Å². The van der Waals surface area contributed by atoms with Crippen LogP contribution in [0.5, 0.6) is 5.75 Å². The molecule has 0 spiro atoms. The van der Waals surface area contributed by atoms with E-state index in [9.17, 15) is 13.2 Å². The van der Waals surface area contributed by atoms with E-state index in [1.165, 1.54) is 9.87 Å². The van der Waals surface area contributed by atoms with E-state index < -0.39 is 10.0 Å². The normalized spacial score (nSPS) is 22.6. The van der Waals surface area contributed by atoms with Crippen molar-refractivity contribution in [1.29, 1.82) is 0 Å². The molecule has 1 aliphatic heterocycles. The average molecular weight is 600 g/mol. The van der Waals surface area contributed by atoms with E-state index in [2.05, 4.69) is 54.6 Å². The molecule has 0 aromatic heterocycles. The highest BCUT2D eigenvalue weighted by Gasteiger charge is 2.34. The van der Waals surface area contributed by atoms with Crippen LogP contribution in [0.25, 0.3) is 0 Å². The second-order valence-corrected chi connectivity index (χ2v) is 14.2. The number of hydrogen-bond donors (Lipinski definition) is 1. The van der Waals surface area contributed by atoms with Gasteiger partial charge in [-0.05, 0) is 114 Å². The smallest absolute Gasteiger partial charge is 0.246 e. The minimum absolute atomic E-state index is 0.0513. The number of carbonyl (C=O) groups is 1. The molecule has 9 heteroatoms. The fourth-order valence-corrected chi connectivity index (χ4v) is 8.87. The second kappa shape index (κ2) is 14.3. The topological polar surface area (TPSA) is 88.2 Å². The summed E-state index contributed by atoms with van der Waals surface area (Å²) in [4.78, 5) is 15.3. The van der Waals surface area contributed by atoms with Gasteiger partial charge in [-0.25, -0.2) is 8.42 Å². The lowest BCUT2D eigenvalue weighted by atomic mass is 9.76. The minimum Gasteiger partial charge on any atom is -0.496 e. The van der Waals surface area contributed by atoms with E-state index in [0.717, 1.165) is 37.7 Å². The summed E-state index contributed by atoms with van der Waals surface area (Å²) < 4.78 is 40.2. The van der Waals surface area contributed by atoms with Gasteiger partial charge in [-0.15, -0.1) is 0 Å². The maximum absolute atomic E-state index is 13.7. The van der Waals surface area contributed by atoms with Gasteiger partial charge in [-0.2, -0.15) is 4.31 Å². The first-order chi connectivity index (χ1) is 20.0. The molecule has 8 nitrogen and oxygen atoms in total. The van der Waals surface area contributed by atoms with Gasteiger partial charge in [-0.1, -0.05) is 30.3 Å². The second-order valence-electron chi connectivity index (χ2n) is 12.3. The van der Waals surface area contributed by atoms with Gasteiger partial charge >= 0.3 is 0 Å². The Morgan fingerprint density at radius 3 is 2.38 bits per heavy atom. The van der Waals surface area contributed by atoms with Crippen LogP contribution >= 0.6 is 0 Å². The maximum atomic E-state index is 13.7.